The lowest BCUT2D eigenvalue weighted by atomic mass is 10.1. The zero-order valence-electron chi connectivity index (χ0n) is 13.1. The van der Waals surface area contributed by atoms with Crippen molar-refractivity contribution >= 4 is 23.6 Å². The van der Waals surface area contributed by atoms with E-state index in [1.807, 2.05) is 0 Å². The standard InChI is InChI=1S/C16H19N3O4/c1-10(2)14(21)18-8-7-17-13(20)9-19-15(22)11-5-3-4-6-12(11)16(19)23/h3-6,10H,7-9H2,1-2H3,(H,17,20)(H,18,21). The van der Waals surface area contributed by atoms with Crippen LogP contribution in [0.3, 0.4) is 0 Å². The van der Waals surface area contributed by atoms with Gasteiger partial charge in [-0.15, -0.1) is 0 Å². The average Bonchev–Trinajstić information content (AvgIpc) is 2.77. The van der Waals surface area contributed by atoms with Gasteiger partial charge < -0.3 is 10.6 Å². The number of fused-ring (bicyclic) bond motifs is 1. The first-order valence-electron chi connectivity index (χ1n) is 7.41. The Morgan fingerprint density at radius 3 is 2.04 bits per heavy atom. The van der Waals surface area contributed by atoms with Crippen LogP contribution in [0.2, 0.25) is 0 Å². The van der Waals surface area contributed by atoms with E-state index in [2.05, 4.69) is 10.6 Å². The third-order valence-corrected chi connectivity index (χ3v) is 3.45. The van der Waals surface area contributed by atoms with E-state index in [0.717, 1.165) is 4.90 Å². The molecule has 7 nitrogen and oxygen atoms in total. The van der Waals surface area contributed by atoms with Crippen molar-refractivity contribution in [3.05, 3.63) is 35.4 Å². The molecule has 7 heteroatoms. The molecule has 0 fully saturated rings. The Labute approximate surface area is 134 Å². The summed E-state index contributed by atoms with van der Waals surface area (Å²) in [4.78, 5) is 48.3. The number of imide groups is 1. The van der Waals surface area contributed by atoms with Crippen LogP contribution in [0.25, 0.3) is 0 Å². The highest BCUT2D eigenvalue weighted by Crippen LogP contribution is 2.21. The molecule has 1 aliphatic heterocycles. The zero-order valence-corrected chi connectivity index (χ0v) is 13.1. The van der Waals surface area contributed by atoms with E-state index in [0.29, 0.717) is 17.7 Å². The molecular weight excluding hydrogens is 298 g/mol. The van der Waals surface area contributed by atoms with Crippen molar-refractivity contribution in [1.82, 2.24) is 15.5 Å². The van der Waals surface area contributed by atoms with Crippen molar-refractivity contribution in [3.8, 4) is 0 Å². The second kappa shape index (κ2) is 7.04. The molecule has 1 aromatic carbocycles. The van der Waals surface area contributed by atoms with Crippen LogP contribution in [-0.2, 0) is 9.59 Å². The number of carbonyl (C=O) groups excluding carboxylic acids is 4. The molecule has 1 heterocycles. The predicted molar refractivity (Wildman–Crippen MR) is 82.7 cm³/mol. The number of hydrogen-bond donors (Lipinski definition) is 2. The molecule has 1 aromatic rings. The van der Waals surface area contributed by atoms with Gasteiger partial charge in [0.1, 0.15) is 6.54 Å². The third-order valence-electron chi connectivity index (χ3n) is 3.45. The van der Waals surface area contributed by atoms with Crippen LogP contribution in [0, 0.1) is 5.92 Å². The minimum atomic E-state index is -0.464. The first kappa shape index (κ1) is 16.7. The highest BCUT2D eigenvalue weighted by atomic mass is 16.2. The van der Waals surface area contributed by atoms with E-state index in [4.69, 9.17) is 0 Å². The summed E-state index contributed by atoms with van der Waals surface area (Å²) in [5.41, 5.74) is 0.629. The highest BCUT2D eigenvalue weighted by Gasteiger charge is 2.36. The van der Waals surface area contributed by atoms with E-state index in [1.54, 1.807) is 38.1 Å². The molecule has 4 amide bonds. The van der Waals surface area contributed by atoms with Crippen LogP contribution in [0.4, 0.5) is 0 Å². The molecule has 0 unspecified atom stereocenters. The van der Waals surface area contributed by atoms with Gasteiger partial charge in [-0.25, -0.2) is 0 Å². The molecule has 0 spiro atoms. The average molecular weight is 317 g/mol. The number of carbonyl (C=O) groups is 4. The largest absolute Gasteiger partial charge is 0.354 e. The molecule has 0 aromatic heterocycles. The maximum atomic E-state index is 12.1. The molecule has 1 aliphatic rings. The fourth-order valence-electron chi connectivity index (χ4n) is 2.17. The van der Waals surface area contributed by atoms with Gasteiger partial charge in [0.15, 0.2) is 0 Å². The van der Waals surface area contributed by atoms with Gasteiger partial charge in [0.2, 0.25) is 11.8 Å². The van der Waals surface area contributed by atoms with Crippen LogP contribution in [0.5, 0.6) is 0 Å². The minimum Gasteiger partial charge on any atom is -0.354 e. The topological polar surface area (TPSA) is 95.6 Å². The van der Waals surface area contributed by atoms with Gasteiger partial charge in [-0.2, -0.15) is 0 Å². The van der Waals surface area contributed by atoms with Crippen LogP contribution < -0.4 is 10.6 Å². The smallest absolute Gasteiger partial charge is 0.262 e. The summed E-state index contributed by atoms with van der Waals surface area (Å²) in [6, 6.07) is 6.47. The van der Waals surface area contributed by atoms with Crippen molar-refractivity contribution in [3.63, 3.8) is 0 Å². The summed E-state index contributed by atoms with van der Waals surface area (Å²) in [7, 11) is 0. The highest BCUT2D eigenvalue weighted by molar-refractivity contribution is 6.22. The van der Waals surface area contributed by atoms with Crippen molar-refractivity contribution in [2.45, 2.75) is 13.8 Å². The van der Waals surface area contributed by atoms with Crippen LogP contribution in [0.1, 0.15) is 34.6 Å². The summed E-state index contributed by atoms with van der Waals surface area (Å²) < 4.78 is 0. The van der Waals surface area contributed by atoms with Crippen molar-refractivity contribution < 1.29 is 19.2 Å². The van der Waals surface area contributed by atoms with Crippen molar-refractivity contribution in [1.29, 1.82) is 0 Å². The Balaban J connectivity index is 1.82. The Bertz CT molecular complexity index is 619. The lowest BCUT2D eigenvalue weighted by Gasteiger charge is -2.14. The van der Waals surface area contributed by atoms with Crippen molar-refractivity contribution in [2.24, 2.45) is 5.92 Å². The summed E-state index contributed by atoms with van der Waals surface area (Å²) >= 11 is 0. The van der Waals surface area contributed by atoms with E-state index >= 15 is 0 Å². The number of amides is 4. The van der Waals surface area contributed by atoms with Crippen LogP contribution in [-0.4, -0.2) is 48.2 Å². The summed E-state index contributed by atoms with van der Waals surface area (Å²) in [5, 5.41) is 5.23. The second-order valence-corrected chi connectivity index (χ2v) is 5.54. The van der Waals surface area contributed by atoms with Gasteiger partial charge in [0, 0.05) is 19.0 Å². The molecule has 2 rings (SSSR count). The van der Waals surface area contributed by atoms with Crippen LogP contribution in [0.15, 0.2) is 24.3 Å². The molecule has 23 heavy (non-hydrogen) atoms. The summed E-state index contributed by atoms with van der Waals surface area (Å²) in [6.45, 7) is 3.75. The fraction of sp³-hybridized carbons (Fsp3) is 0.375. The maximum absolute atomic E-state index is 12.1. The lowest BCUT2D eigenvalue weighted by molar-refractivity contribution is -0.124. The molecule has 0 bridgehead atoms. The Hall–Kier alpha value is -2.70. The predicted octanol–water partition coefficient (Wildman–Crippen LogP) is 0.171. The first-order valence-corrected chi connectivity index (χ1v) is 7.41. The molecule has 0 atom stereocenters. The Kier molecular flexibility index (Phi) is 5.10. The molecule has 0 saturated heterocycles. The number of rotatable bonds is 6. The maximum Gasteiger partial charge on any atom is 0.262 e. The Morgan fingerprint density at radius 1 is 1.00 bits per heavy atom. The van der Waals surface area contributed by atoms with Crippen molar-refractivity contribution in [2.75, 3.05) is 19.6 Å². The molecule has 2 N–H and O–H groups in total. The fourth-order valence-corrected chi connectivity index (χ4v) is 2.17. The first-order chi connectivity index (χ1) is 10.9. The minimum absolute atomic E-state index is 0.0976. The number of nitrogens with one attached hydrogen (secondary N) is 2. The molecule has 0 saturated carbocycles. The van der Waals surface area contributed by atoms with Gasteiger partial charge in [-0.3, -0.25) is 24.1 Å². The second-order valence-electron chi connectivity index (χ2n) is 5.54. The molecule has 122 valence electrons. The Morgan fingerprint density at radius 2 is 1.52 bits per heavy atom. The van der Waals surface area contributed by atoms with Crippen LogP contribution >= 0.6 is 0 Å². The van der Waals surface area contributed by atoms with Gasteiger partial charge in [0.05, 0.1) is 11.1 Å². The lowest BCUT2D eigenvalue weighted by Crippen LogP contribution is -2.43. The van der Waals surface area contributed by atoms with Gasteiger partial charge in [0.25, 0.3) is 11.8 Å². The normalized spacial score (nSPS) is 13.3. The van der Waals surface area contributed by atoms with Gasteiger partial charge >= 0.3 is 0 Å². The van der Waals surface area contributed by atoms with E-state index in [9.17, 15) is 19.2 Å². The van der Waals surface area contributed by atoms with E-state index in [-0.39, 0.29) is 24.9 Å². The van der Waals surface area contributed by atoms with E-state index in [1.165, 1.54) is 0 Å². The number of nitrogens with zero attached hydrogens (tertiary/aromatic N) is 1. The molecule has 0 radical (unpaired) electrons. The monoisotopic (exact) mass is 317 g/mol. The van der Waals surface area contributed by atoms with Gasteiger partial charge in [-0.05, 0) is 12.1 Å². The summed E-state index contributed by atoms with van der Waals surface area (Å²) in [5.74, 6) is -1.59. The molecular formula is C16H19N3O4. The summed E-state index contributed by atoms with van der Waals surface area (Å²) in [6.07, 6.45) is 0. The number of hydrogen-bond acceptors (Lipinski definition) is 4. The zero-order chi connectivity index (χ0) is 17.0. The molecule has 0 aliphatic carbocycles. The quantitative estimate of drug-likeness (QED) is 0.577. The SMILES string of the molecule is CC(C)C(=O)NCCNC(=O)CN1C(=O)c2ccccc2C1=O. The number of benzene rings is 1. The third kappa shape index (κ3) is 3.74. The van der Waals surface area contributed by atoms with Gasteiger partial charge in [-0.1, -0.05) is 26.0 Å². The van der Waals surface area contributed by atoms with E-state index < -0.39 is 17.7 Å².